The number of carbonyl (C=O) groups excluding carboxylic acids is 1. The number of nitrogens with zero attached hydrogens (tertiary/aromatic N) is 2. The van der Waals surface area contributed by atoms with Crippen molar-refractivity contribution < 1.29 is 33.8 Å². The first kappa shape index (κ1) is 16.6. The molecule has 1 aromatic rings. The molecule has 2 heterocycles. The highest BCUT2D eigenvalue weighted by Gasteiger charge is 2.36. The Bertz CT molecular complexity index is 801. The van der Waals surface area contributed by atoms with Crippen molar-refractivity contribution in [2.75, 3.05) is 27.0 Å². The lowest BCUT2D eigenvalue weighted by Crippen LogP contribution is -2.33. The average Bonchev–Trinajstić information content (AvgIpc) is 3.08. The maximum atomic E-state index is 12.0. The molecule has 0 radical (unpaired) electrons. The quantitative estimate of drug-likeness (QED) is 0.497. The van der Waals surface area contributed by atoms with Crippen molar-refractivity contribution in [2.45, 2.75) is 6.42 Å². The highest BCUT2D eigenvalue weighted by molar-refractivity contribution is 5.98. The van der Waals surface area contributed by atoms with Crippen molar-refractivity contribution in [3.8, 4) is 11.5 Å². The van der Waals surface area contributed by atoms with Crippen LogP contribution in [-0.4, -0.2) is 54.0 Å². The van der Waals surface area contributed by atoms with Crippen LogP contribution in [0.5, 0.6) is 11.5 Å². The molecule has 0 fully saturated rings. The highest BCUT2D eigenvalue weighted by atomic mass is 16.7. The van der Waals surface area contributed by atoms with Gasteiger partial charge in [0, 0.05) is 18.7 Å². The summed E-state index contributed by atoms with van der Waals surface area (Å²) in [5, 5.41) is 20.4. The molecule has 0 saturated carbocycles. The number of nitro groups is 1. The van der Waals surface area contributed by atoms with Gasteiger partial charge in [0.25, 0.3) is 0 Å². The van der Waals surface area contributed by atoms with Gasteiger partial charge in [-0.2, -0.15) is 0 Å². The fraction of sp³-hybridized carbons (Fsp3) is 0.333. The Morgan fingerprint density at radius 2 is 2.08 bits per heavy atom. The van der Waals surface area contributed by atoms with E-state index in [9.17, 15) is 19.7 Å². The van der Waals surface area contributed by atoms with E-state index < -0.39 is 22.7 Å². The normalized spacial score (nSPS) is 15.6. The molecular weight excluding hydrogens is 336 g/mol. The van der Waals surface area contributed by atoms with Crippen molar-refractivity contribution in [1.29, 1.82) is 0 Å². The summed E-state index contributed by atoms with van der Waals surface area (Å²) in [6.45, 7) is 0.231. The molecule has 2 aliphatic heterocycles. The fourth-order valence-corrected chi connectivity index (χ4v) is 2.83. The first-order chi connectivity index (χ1) is 11.9. The molecule has 0 spiro atoms. The van der Waals surface area contributed by atoms with Crippen LogP contribution in [0, 0.1) is 10.1 Å². The molecule has 0 unspecified atom stereocenters. The van der Waals surface area contributed by atoms with Crippen LogP contribution in [0.1, 0.15) is 22.3 Å². The first-order valence-corrected chi connectivity index (χ1v) is 7.30. The number of hydrogen-bond donors (Lipinski definition) is 1. The Labute approximate surface area is 141 Å². The summed E-state index contributed by atoms with van der Waals surface area (Å²) in [5.41, 5.74) is 0.433. The molecular formula is C15H14N2O8. The molecule has 10 heteroatoms. The van der Waals surface area contributed by atoms with Crippen LogP contribution in [-0.2, 0) is 4.74 Å². The molecule has 10 nitrogen and oxygen atoms in total. The van der Waals surface area contributed by atoms with E-state index in [0.29, 0.717) is 12.0 Å². The van der Waals surface area contributed by atoms with Gasteiger partial charge in [-0.15, -0.1) is 0 Å². The van der Waals surface area contributed by atoms with Crippen LogP contribution in [0.15, 0.2) is 12.1 Å². The Balaban J connectivity index is 2.12. The van der Waals surface area contributed by atoms with Crippen molar-refractivity contribution >= 4 is 23.3 Å². The summed E-state index contributed by atoms with van der Waals surface area (Å²) >= 11 is 0. The SMILES string of the molecule is COC(=O)c1cc(C2=CCN(C(=O)O)CC2)c2c(c1[N+](=O)[O-])OCO2. The third-order valence-electron chi connectivity index (χ3n) is 4.03. The van der Waals surface area contributed by atoms with E-state index in [4.69, 9.17) is 14.6 Å². The van der Waals surface area contributed by atoms with Gasteiger partial charge in [0.05, 0.1) is 12.0 Å². The van der Waals surface area contributed by atoms with Crippen molar-refractivity contribution in [3.05, 3.63) is 33.4 Å². The largest absolute Gasteiger partial charge is 0.465 e. The molecule has 3 rings (SSSR count). The van der Waals surface area contributed by atoms with Crippen LogP contribution in [0.2, 0.25) is 0 Å². The minimum atomic E-state index is -1.03. The molecule has 25 heavy (non-hydrogen) atoms. The number of esters is 1. The maximum Gasteiger partial charge on any atom is 0.407 e. The standard InChI is InChI=1S/C15H14N2O8/c1-23-14(18)10-6-9(8-2-4-16(5-3-8)15(19)20)12-13(25-7-24-12)11(10)17(21)22/h2,6H,3-5,7H2,1H3,(H,19,20). The molecule has 0 aromatic heterocycles. The van der Waals surface area contributed by atoms with Gasteiger partial charge in [-0.3, -0.25) is 10.1 Å². The summed E-state index contributed by atoms with van der Waals surface area (Å²) in [4.78, 5) is 34.9. The summed E-state index contributed by atoms with van der Waals surface area (Å²) in [5.74, 6) is -0.811. The van der Waals surface area contributed by atoms with Crippen LogP contribution in [0.3, 0.4) is 0 Å². The predicted molar refractivity (Wildman–Crippen MR) is 82.8 cm³/mol. The number of carboxylic acid groups (broad SMARTS) is 1. The fourth-order valence-electron chi connectivity index (χ4n) is 2.83. The second kappa shape index (κ2) is 6.30. The van der Waals surface area contributed by atoms with Crippen LogP contribution in [0.25, 0.3) is 5.57 Å². The van der Waals surface area contributed by atoms with Gasteiger partial charge in [-0.25, -0.2) is 9.59 Å². The van der Waals surface area contributed by atoms with Gasteiger partial charge in [0.2, 0.25) is 12.5 Å². The topological polar surface area (TPSA) is 128 Å². The van der Waals surface area contributed by atoms with E-state index in [2.05, 4.69) is 4.74 Å². The number of methoxy groups -OCH3 is 1. The summed E-state index contributed by atoms with van der Waals surface area (Å²) < 4.78 is 15.2. The van der Waals surface area contributed by atoms with E-state index in [-0.39, 0.29) is 36.9 Å². The minimum absolute atomic E-state index is 0.121. The summed E-state index contributed by atoms with van der Waals surface area (Å²) in [7, 11) is 1.13. The zero-order valence-electron chi connectivity index (χ0n) is 13.2. The predicted octanol–water partition coefficient (Wildman–Crippen LogP) is 1.88. The first-order valence-electron chi connectivity index (χ1n) is 7.30. The molecule has 2 aliphatic rings. The van der Waals surface area contributed by atoms with Gasteiger partial charge in [-0.05, 0) is 18.1 Å². The number of benzene rings is 1. The highest BCUT2D eigenvalue weighted by Crippen LogP contribution is 2.48. The second-order valence-electron chi connectivity index (χ2n) is 5.34. The van der Waals surface area contributed by atoms with E-state index in [1.807, 2.05) is 0 Å². The van der Waals surface area contributed by atoms with Crippen molar-refractivity contribution in [2.24, 2.45) is 0 Å². The molecule has 132 valence electrons. The number of amides is 1. The van der Waals surface area contributed by atoms with Gasteiger partial charge in [0.1, 0.15) is 5.56 Å². The molecule has 0 saturated heterocycles. The van der Waals surface area contributed by atoms with Crippen molar-refractivity contribution in [1.82, 2.24) is 4.90 Å². The lowest BCUT2D eigenvalue weighted by Gasteiger charge is -2.24. The minimum Gasteiger partial charge on any atom is -0.465 e. The lowest BCUT2D eigenvalue weighted by molar-refractivity contribution is -0.386. The lowest BCUT2D eigenvalue weighted by atomic mass is 9.95. The van der Waals surface area contributed by atoms with E-state index >= 15 is 0 Å². The number of ether oxygens (including phenoxy) is 3. The molecule has 0 bridgehead atoms. The van der Waals surface area contributed by atoms with Crippen molar-refractivity contribution in [3.63, 3.8) is 0 Å². The number of carbonyl (C=O) groups is 2. The monoisotopic (exact) mass is 350 g/mol. The number of nitro benzene ring substituents is 1. The van der Waals surface area contributed by atoms with E-state index in [1.165, 1.54) is 11.0 Å². The van der Waals surface area contributed by atoms with Crippen LogP contribution in [0.4, 0.5) is 10.5 Å². The summed E-state index contributed by atoms with van der Waals surface area (Å²) in [6.07, 6.45) is 1.03. The zero-order chi connectivity index (χ0) is 18.1. The molecule has 1 N–H and O–H groups in total. The third-order valence-corrected chi connectivity index (χ3v) is 4.03. The Morgan fingerprint density at radius 1 is 1.36 bits per heavy atom. The van der Waals surface area contributed by atoms with Gasteiger partial charge < -0.3 is 24.2 Å². The zero-order valence-corrected chi connectivity index (χ0v) is 13.2. The van der Waals surface area contributed by atoms with E-state index in [0.717, 1.165) is 12.7 Å². The third kappa shape index (κ3) is 2.82. The molecule has 1 aromatic carbocycles. The Hall–Kier alpha value is -3.30. The second-order valence-corrected chi connectivity index (χ2v) is 5.34. The number of fused-ring (bicyclic) bond motifs is 1. The number of hydrogen-bond acceptors (Lipinski definition) is 7. The van der Waals surface area contributed by atoms with Gasteiger partial charge >= 0.3 is 17.7 Å². The average molecular weight is 350 g/mol. The van der Waals surface area contributed by atoms with E-state index in [1.54, 1.807) is 6.08 Å². The maximum absolute atomic E-state index is 12.0. The van der Waals surface area contributed by atoms with Crippen LogP contribution < -0.4 is 9.47 Å². The Morgan fingerprint density at radius 3 is 2.64 bits per heavy atom. The molecule has 0 atom stereocenters. The summed E-state index contributed by atoms with van der Waals surface area (Å²) in [6, 6.07) is 1.33. The Kier molecular flexibility index (Phi) is 4.17. The smallest absolute Gasteiger partial charge is 0.407 e. The molecule has 1 amide bonds. The molecule has 0 aliphatic carbocycles. The van der Waals surface area contributed by atoms with Gasteiger partial charge in [0.15, 0.2) is 5.75 Å². The number of rotatable bonds is 3. The van der Waals surface area contributed by atoms with Gasteiger partial charge in [-0.1, -0.05) is 6.08 Å². The van der Waals surface area contributed by atoms with Crippen LogP contribution >= 0.6 is 0 Å².